The van der Waals surface area contributed by atoms with E-state index in [1.165, 1.54) is 24.3 Å². The van der Waals surface area contributed by atoms with Gasteiger partial charge in [0.2, 0.25) is 26.6 Å². The summed E-state index contributed by atoms with van der Waals surface area (Å²) in [6.07, 6.45) is 0. The van der Waals surface area contributed by atoms with Gasteiger partial charge in [-0.3, -0.25) is 0 Å². The van der Waals surface area contributed by atoms with Crippen LogP contribution in [0.2, 0.25) is 10.0 Å². The molecule has 0 unspecified atom stereocenters. The number of aromatic nitrogens is 1. The minimum absolute atomic E-state index is 0.0582. The number of hydrogen-bond donors (Lipinski definition) is 1. The summed E-state index contributed by atoms with van der Waals surface area (Å²) >= 11 is 15.2. The summed E-state index contributed by atoms with van der Waals surface area (Å²) in [5, 5.41) is 3.92. The van der Waals surface area contributed by atoms with Crippen LogP contribution < -0.4 is 5.32 Å². The standard InChI is InChI=1S/C22H15BrCl2N2O3S/c23-16-5-3-15(4-6-16)20-27-22(31(28,29)19-11-9-18(25)10-12-19)21(30-20)26-13-14-1-7-17(24)8-2-14/h1-12,26H,13H2. The normalized spacial score (nSPS) is 11.5. The third-order valence-corrected chi connectivity index (χ3v) is 7.14. The van der Waals surface area contributed by atoms with Gasteiger partial charge in [-0.2, -0.15) is 4.98 Å². The monoisotopic (exact) mass is 536 g/mol. The predicted molar refractivity (Wildman–Crippen MR) is 125 cm³/mol. The van der Waals surface area contributed by atoms with E-state index in [4.69, 9.17) is 27.6 Å². The van der Waals surface area contributed by atoms with E-state index in [0.717, 1.165) is 10.0 Å². The molecule has 0 spiro atoms. The van der Waals surface area contributed by atoms with Gasteiger partial charge < -0.3 is 9.73 Å². The number of oxazole rings is 1. The fraction of sp³-hybridized carbons (Fsp3) is 0.0455. The number of anilines is 1. The number of nitrogens with zero attached hydrogens (tertiary/aromatic N) is 1. The van der Waals surface area contributed by atoms with Crippen molar-refractivity contribution in [1.82, 2.24) is 4.98 Å². The second-order valence-electron chi connectivity index (χ2n) is 6.60. The second-order valence-corrected chi connectivity index (χ2v) is 10.3. The molecule has 0 saturated heterocycles. The predicted octanol–water partition coefficient (Wildman–Crippen LogP) is 6.86. The van der Waals surface area contributed by atoms with Crippen LogP contribution in [0.4, 0.5) is 5.88 Å². The Balaban J connectivity index is 1.74. The highest BCUT2D eigenvalue weighted by Gasteiger charge is 2.28. The van der Waals surface area contributed by atoms with Gasteiger partial charge in [-0.05, 0) is 66.2 Å². The molecule has 1 aromatic heterocycles. The van der Waals surface area contributed by atoms with Crippen LogP contribution in [0.3, 0.4) is 0 Å². The molecule has 158 valence electrons. The maximum Gasteiger partial charge on any atom is 0.234 e. The lowest BCUT2D eigenvalue weighted by Gasteiger charge is -2.06. The van der Waals surface area contributed by atoms with Gasteiger partial charge >= 0.3 is 0 Å². The lowest BCUT2D eigenvalue weighted by Crippen LogP contribution is -2.07. The van der Waals surface area contributed by atoms with E-state index < -0.39 is 9.84 Å². The molecule has 9 heteroatoms. The smallest absolute Gasteiger partial charge is 0.234 e. The van der Waals surface area contributed by atoms with Gasteiger partial charge in [0, 0.05) is 26.6 Å². The zero-order valence-corrected chi connectivity index (χ0v) is 19.8. The number of rotatable bonds is 6. The zero-order valence-electron chi connectivity index (χ0n) is 15.8. The van der Waals surface area contributed by atoms with Crippen molar-refractivity contribution in [1.29, 1.82) is 0 Å². The Hall–Kier alpha value is -2.32. The first-order valence-corrected chi connectivity index (χ1v) is 12.1. The minimum atomic E-state index is -3.95. The second kappa shape index (κ2) is 9.04. The van der Waals surface area contributed by atoms with Gasteiger partial charge in [-0.15, -0.1) is 0 Å². The average molecular weight is 538 g/mol. The third-order valence-electron chi connectivity index (χ3n) is 4.43. The zero-order chi connectivity index (χ0) is 22.0. The van der Waals surface area contributed by atoms with Crippen LogP contribution in [-0.4, -0.2) is 13.4 Å². The summed E-state index contributed by atoms with van der Waals surface area (Å²) in [5.74, 6) is 0.251. The van der Waals surface area contributed by atoms with Crippen LogP contribution in [0.1, 0.15) is 5.56 Å². The quantitative estimate of drug-likeness (QED) is 0.291. The molecular formula is C22H15BrCl2N2O3S. The number of halogens is 3. The summed E-state index contributed by atoms with van der Waals surface area (Å²) in [5.41, 5.74) is 1.55. The van der Waals surface area contributed by atoms with Crippen molar-refractivity contribution in [3.05, 3.63) is 92.9 Å². The molecule has 0 aliphatic carbocycles. The highest BCUT2D eigenvalue weighted by Crippen LogP contribution is 2.33. The van der Waals surface area contributed by atoms with Crippen LogP contribution in [0.25, 0.3) is 11.5 Å². The Morgan fingerprint density at radius 3 is 2.06 bits per heavy atom. The summed E-state index contributed by atoms with van der Waals surface area (Å²) in [6.45, 7) is 0.329. The molecule has 0 bridgehead atoms. The van der Waals surface area contributed by atoms with Crippen LogP contribution in [0.15, 0.2) is 91.6 Å². The van der Waals surface area contributed by atoms with E-state index in [9.17, 15) is 8.42 Å². The highest BCUT2D eigenvalue weighted by atomic mass is 79.9. The summed E-state index contributed by atoms with van der Waals surface area (Å²) < 4.78 is 33.3. The first-order valence-electron chi connectivity index (χ1n) is 9.09. The molecule has 1 heterocycles. The van der Waals surface area contributed by atoms with Gasteiger partial charge in [-0.1, -0.05) is 51.3 Å². The Morgan fingerprint density at radius 1 is 0.871 bits per heavy atom. The average Bonchev–Trinajstić information content (AvgIpc) is 3.19. The van der Waals surface area contributed by atoms with Gasteiger partial charge in [0.05, 0.1) is 4.90 Å². The topological polar surface area (TPSA) is 72.2 Å². The maximum absolute atomic E-state index is 13.3. The van der Waals surface area contributed by atoms with Gasteiger partial charge in [-0.25, -0.2) is 8.42 Å². The molecule has 4 aromatic rings. The highest BCUT2D eigenvalue weighted by molar-refractivity contribution is 9.10. The van der Waals surface area contributed by atoms with Crippen LogP contribution in [0.5, 0.6) is 0 Å². The first kappa shape index (κ1) is 21.9. The number of sulfone groups is 1. The molecule has 0 aliphatic heterocycles. The molecule has 4 rings (SSSR count). The Kier molecular flexibility index (Phi) is 6.39. The van der Waals surface area contributed by atoms with Gasteiger partial charge in [0.15, 0.2) is 0 Å². The van der Waals surface area contributed by atoms with Crippen molar-refractivity contribution in [2.24, 2.45) is 0 Å². The van der Waals surface area contributed by atoms with Crippen molar-refractivity contribution in [2.75, 3.05) is 5.32 Å². The largest absolute Gasteiger partial charge is 0.419 e. The Morgan fingerprint density at radius 2 is 1.45 bits per heavy atom. The summed E-state index contributed by atoms with van der Waals surface area (Å²) in [7, 11) is -3.95. The van der Waals surface area contributed by atoms with E-state index in [1.807, 2.05) is 24.3 Å². The third kappa shape index (κ3) is 4.96. The molecule has 0 fully saturated rings. The summed E-state index contributed by atoms with van der Waals surface area (Å²) in [4.78, 5) is 4.39. The molecule has 0 aliphatic rings. The van der Waals surface area contributed by atoms with Gasteiger partial charge in [0.1, 0.15) is 0 Å². The molecule has 0 amide bonds. The van der Waals surface area contributed by atoms with Crippen LogP contribution in [-0.2, 0) is 16.4 Å². The van der Waals surface area contributed by atoms with E-state index in [2.05, 4.69) is 26.2 Å². The number of benzene rings is 3. The van der Waals surface area contributed by atoms with Crippen molar-refractivity contribution >= 4 is 54.9 Å². The summed E-state index contributed by atoms with van der Waals surface area (Å²) in [6, 6.07) is 20.4. The molecule has 0 radical (unpaired) electrons. The van der Waals surface area contributed by atoms with E-state index >= 15 is 0 Å². The lowest BCUT2D eigenvalue weighted by atomic mass is 10.2. The van der Waals surface area contributed by atoms with E-state index in [1.54, 1.807) is 24.3 Å². The number of hydrogen-bond acceptors (Lipinski definition) is 5. The number of nitrogens with one attached hydrogen (secondary N) is 1. The SMILES string of the molecule is O=S(=O)(c1ccc(Cl)cc1)c1nc(-c2ccc(Br)cc2)oc1NCc1ccc(Cl)cc1. The molecular weight excluding hydrogens is 523 g/mol. The maximum atomic E-state index is 13.3. The lowest BCUT2D eigenvalue weighted by molar-refractivity contribution is 0.576. The molecule has 0 saturated carbocycles. The van der Waals surface area contributed by atoms with Crippen LogP contribution in [0, 0.1) is 0 Å². The minimum Gasteiger partial charge on any atom is -0.419 e. The Bertz CT molecular complexity index is 1300. The van der Waals surface area contributed by atoms with Crippen molar-refractivity contribution < 1.29 is 12.8 Å². The van der Waals surface area contributed by atoms with Crippen molar-refractivity contribution in [3.8, 4) is 11.5 Å². The molecule has 0 atom stereocenters. The molecule has 1 N–H and O–H groups in total. The van der Waals surface area contributed by atoms with E-state index in [-0.39, 0.29) is 21.7 Å². The van der Waals surface area contributed by atoms with Crippen molar-refractivity contribution in [2.45, 2.75) is 16.5 Å². The van der Waals surface area contributed by atoms with Crippen LogP contribution >= 0.6 is 39.1 Å². The fourth-order valence-electron chi connectivity index (χ4n) is 2.83. The molecule has 31 heavy (non-hydrogen) atoms. The Labute approximate surface area is 198 Å². The molecule has 5 nitrogen and oxygen atoms in total. The van der Waals surface area contributed by atoms with Crippen molar-refractivity contribution in [3.63, 3.8) is 0 Å². The first-order chi connectivity index (χ1) is 14.8. The fourth-order valence-corrected chi connectivity index (χ4v) is 4.62. The van der Waals surface area contributed by atoms with Gasteiger partial charge in [0.25, 0.3) is 0 Å². The molecule has 3 aromatic carbocycles. The van der Waals surface area contributed by atoms with E-state index in [0.29, 0.717) is 22.2 Å².